The maximum Gasteiger partial charge on any atom is 0.227 e. The summed E-state index contributed by atoms with van der Waals surface area (Å²) in [6.45, 7) is 6.27. The first-order valence-electron chi connectivity index (χ1n) is 6.97. The molecular formula is C13H22N2O3. The smallest absolute Gasteiger partial charge is 0.227 e. The summed E-state index contributed by atoms with van der Waals surface area (Å²) in [7, 11) is 0. The van der Waals surface area contributed by atoms with Gasteiger partial charge in [-0.1, -0.05) is 0 Å². The highest BCUT2D eigenvalue weighted by Gasteiger charge is 2.48. The number of morpholine rings is 1. The van der Waals surface area contributed by atoms with Gasteiger partial charge in [0, 0.05) is 39.4 Å². The molecule has 1 N–H and O–H groups in total. The zero-order valence-electron chi connectivity index (χ0n) is 10.8. The molecule has 102 valence electrons. The lowest BCUT2D eigenvalue weighted by atomic mass is 9.71. The standard InChI is InChI=1S/C13H22N2O3/c16-12(15-3-7-18-8-4-15)11-9-14-10-13(11)1-5-17-6-2-13/h11,14H,1-10H2/t11-/m0/s1. The molecule has 5 nitrogen and oxygen atoms in total. The third-order valence-corrected chi connectivity index (χ3v) is 4.67. The SMILES string of the molecule is O=C([C@@H]1CNCC12CCOCC2)N1CCOCC1. The molecule has 0 aromatic carbocycles. The monoisotopic (exact) mass is 254 g/mol. The summed E-state index contributed by atoms with van der Waals surface area (Å²) in [6, 6.07) is 0. The van der Waals surface area contributed by atoms with E-state index in [1.165, 1.54) is 0 Å². The molecule has 3 aliphatic rings. The Hall–Kier alpha value is -0.650. The molecule has 5 heteroatoms. The van der Waals surface area contributed by atoms with Crippen molar-refractivity contribution in [2.45, 2.75) is 12.8 Å². The highest BCUT2D eigenvalue weighted by Crippen LogP contribution is 2.41. The van der Waals surface area contributed by atoms with Crippen LogP contribution in [0.4, 0.5) is 0 Å². The predicted octanol–water partition coefficient (Wildman–Crippen LogP) is -0.139. The zero-order valence-corrected chi connectivity index (χ0v) is 10.8. The average Bonchev–Trinajstić information content (AvgIpc) is 2.83. The number of hydrogen-bond acceptors (Lipinski definition) is 4. The zero-order chi connectivity index (χ0) is 12.4. The van der Waals surface area contributed by atoms with Crippen molar-refractivity contribution in [3.05, 3.63) is 0 Å². The molecule has 1 spiro atoms. The van der Waals surface area contributed by atoms with Gasteiger partial charge in [-0.05, 0) is 18.3 Å². The van der Waals surface area contributed by atoms with Crippen LogP contribution in [-0.4, -0.2) is 63.4 Å². The van der Waals surface area contributed by atoms with Crippen LogP contribution in [0.2, 0.25) is 0 Å². The highest BCUT2D eigenvalue weighted by atomic mass is 16.5. The van der Waals surface area contributed by atoms with Gasteiger partial charge in [0.1, 0.15) is 0 Å². The van der Waals surface area contributed by atoms with Crippen LogP contribution in [0.5, 0.6) is 0 Å². The number of carbonyl (C=O) groups is 1. The highest BCUT2D eigenvalue weighted by molar-refractivity contribution is 5.80. The Labute approximate surface area is 108 Å². The van der Waals surface area contributed by atoms with E-state index in [1.807, 2.05) is 4.90 Å². The fourth-order valence-electron chi connectivity index (χ4n) is 3.46. The number of amides is 1. The van der Waals surface area contributed by atoms with Gasteiger partial charge in [0.25, 0.3) is 0 Å². The lowest BCUT2D eigenvalue weighted by Crippen LogP contribution is -2.49. The Morgan fingerprint density at radius 2 is 1.78 bits per heavy atom. The number of nitrogens with one attached hydrogen (secondary N) is 1. The van der Waals surface area contributed by atoms with Gasteiger partial charge in [-0.2, -0.15) is 0 Å². The fourth-order valence-corrected chi connectivity index (χ4v) is 3.46. The van der Waals surface area contributed by atoms with Crippen LogP contribution in [0.25, 0.3) is 0 Å². The van der Waals surface area contributed by atoms with E-state index in [-0.39, 0.29) is 11.3 Å². The van der Waals surface area contributed by atoms with Crippen molar-refractivity contribution in [3.63, 3.8) is 0 Å². The van der Waals surface area contributed by atoms with Crippen molar-refractivity contribution in [2.24, 2.45) is 11.3 Å². The van der Waals surface area contributed by atoms with Gasteiger partial charge in [0.2, 0.25) is 5.91 Å². The second-order valence-corrected chi connectivity index (χ2v) is 5.60. The first-order chi connectivity index (χ1) is 8.82. The van der Waals surface area contributed by atoms with Crippen LogP contribution in [-0.2, 0) is 14.3 Å². The normalized spacial score (nSPS) is 31.8. The minimum absolute atomic E-state index is 0.138. The van der Waals surface area contributed by atoms with Gasteiger partial charge >= 0.3 is 0 Å². The molecule has 1 amide bonds. The van der Waals surface area contributed by atoms with Crippen molar-refractivity contribution in [1.29, 1.82) is 0 Å². The summed E-state index contributed by atoms with van der Waals surface area (Å²) in [5.74, 6) is 0.463. The van der Waals surface area contributed by atoms with E-state index >= 15 is 0 Å². The summed E-state index contributed by atoms with van der Waals surface area (Å²) >= 11 is 0. The summed E-state index contributed by atoms with van der Waals surface area (Å²) in [5.41, 5.74) is 0.146. The Bertz CT molecular complexity index is 309. The molecule has 0 bridgehead atoms. The second kappa shape index (κ2) is 5.15. The molecule has 0 aromatic rings. The van der Waals surface area contributed by atoms with Crippen molar-refractivity contribution >= 4 is 5.91 Å². The molecule has 3 fully saturated rings. The minimum Gasteiger partial charge on any atom is -0.381 e. The molecule has 3 rings (SSSR count). The molecule has 1 atom stereocenters. The third-order valence-electron chi connectivity index (χ3n) is 4.67. The van der Waals surface area contributed by atoms with Gasteiger partial charge < -0.3 is 19.7 Å². The van der Waals surface area contributed by atoms with Gasteiger partial charge in [0.05, 0.1) is 19.1 Å². The molecule has 0 aromatic heterocycles. The van der Waals surface area contributed by atoms with E-state index in [1.54, 1.807) is 0 Å². The first-order valence-corrected chi connectivity index (χ1v) is 6.97. The van der Waals surface area contributed by atoms with Gasteiger partial charge in [-0.15, -0.1) is 0 Å². The number of rotatable bonds is 1. The average molecular weight is 254 g/mol. The minimum atomic E-state index is 0.138. The Kier molecular flexibility index (Phi) is 3.54. The maximum absolute atomic E-state index is 12.7. The summed E-state index contributed by atoms with van der Waals surface area (Å²) in [4.78, 5) is 14.6. The molecule has 3 heterocycles. The van der Waals surface area contributed by atoms with Crippen molar-refractivity contribution in [1.82, 2.24) is 10.2 Å². The lowest BCUT2D eigenvalue weighted by Gasteiger charge is -2.40. The summed E-state index contributed by atoms with van der Waals surface area (Å²) < 4.78 is 10.8. The van der Waals surface area contributed by atoms with Crippen molar-refractivity contribution in [2.75, 3.05) is 52.6 Å². The second-order valence-electron chi connectivity index (χ2n) is 5.60. The molecule has 0 aliphatic carbocycles. The van der Waals surface area contributed by atoms with E-state index in [0.717, 1.165) is 52.2 Å². The van der Waals surface area contributed by atoms with Crippen LogP contribution in [0.3, 0.4) is 0 Å². The van der Waals surface area contributed by atoms with Crippen LogP contribution in [0.15, 0.2) is 0 Å². The number of hydrogen-bond donors (Lipinski definition) is 1. The van der Waals surface area contributed by atoms with Gasteiger partial charge in [-0.3, -0.25) is 4.79 Å². The van der Waals surface area contributed by atoms with Crippen LogP contribution in [0.1, 0.15) is 12.8 Å². The van der Waals surface area contributed by atoms with E-state index in [9.17, 15) is 4.79 Å². The van der Waals surface area contributed by atoms with E-state index in [2.05, 4.69) is 5.32 Å². The van der Waals surface area contributed by atoms with E-state index in [4.69, 9.17) is 9.47 Å². The molecule has 0 saturated carbocycles. The quantitative estimate of drug-likeness (QED) is 0.708. The Balaban J connectivity index is 1.71. The van der Waals surface area contributed by atoms with Crippen molar-refractivity contribution < 1.29 is 14.3 Å². The third kappa shape index (κ3) is 2.15. The van der Waals surface area contributed by atoms with Crippen LogP contribution >= 0.6 is 0 Å². The van der Waals surface area contributed by atoms with Gasteiger partial charge in [-0.25, -0.2) is 0 Å². The van der Waals surface area contributed by atoms with Crippen LogP contribution < -0.4 is 5.32 Å². The maximum atomic E-state index is 12.7. The number of nitrogens with zero attached hydrogens (tertiary/aromatic N) is 1. The van der Waals surface area contributed by atoms with E-state index < -0.39 is 0 Å². The first kappa shape index (κ1) is 12.4. The van der Waals surface area contributed by atoms with Crippen molar-refractivity contribution in [3.8, 4) is 0 Å². The number of ether oxygens (including phenoxy) is 2. The Morgan fingerprint density at radius 3 is 2.50 bits per heavy atom. The topological polar surface area (TPSA) is 50.8 Å². The summed E-state index contributed by atoms with van der Waals surface area (Å²) in [6.07, 6.45) is 2.03. The molecule has 3 saturated heterocycles. The largest absolute Gasteiger partial charge is 0.381 e. The van der Waals surface area contributed by atoms with Crippen LogP contribution in [0, 0.1) is 11.3 Å². The Morgan fingerprint density at radius 1 is 1.11 bits per heavy atom. The fraction of sp³-hybridized carbons (Fsp3) is 0.923. The summed E-state index contributed by atoms with van der Waals surface area (Å²) in [5, 5.41) is 3.42. The molecule has 0 radical (unpaired) electrons. The molecule has 3 aliphatic heterocycles. The molecule has 0 unspecified atom stereocenters. The molecular weight excluding hydrogens is 232 g/mol. The lowest BCUT2D eigenvalue weighted by molar-refractivity contribution is -0.144. The molecule has 18 heavy (non-hydrogen) atoms. The van der Waals surface area contributed by atoms with Gasteiger partial charge in [0.15, 0.2) is 0 Å². The van der Waals surface area contributed by atoms with E-state index in [0.29, 0.717) is 19.1 Å². The predicted molar refractivity (Wildman–Crippen MR) is 66.2 cm³/mol. The number of carbonyl (C=O) groups excluding carboxylic acids is 1.